The number of para-hydroxylation sites is 2. The van der Waals surface area contributed by atoms with Crippen molar-refractivity contribution in [2.45, 2.75) is 0 Å². The van der Waals surface area contributed by atoms with Gasteiger partial charge < -0.3 is 9.40 Å². The first-order chi connectivity index (χ1) is 13.3. The quantitative estimate of drug-likeness (QED) is 0.429. The molecule has 6 heteroatoms. The summed E-state index contributed by atoms with van der Waals surface area (Å²) in [6.45, 7) is 0. The van der Waals surface area contributed by atoms with Crippen molar-refractivity contribution in [1.29, 1.82) is 0 Å². The SMILES string of the molecule is c1ccc2oc(-c3ccc4nc(-c5ccc6[nH]cnc6c5)sc4c3)nc2c1. The van der Waals surface area contributed by atoms with E-state index in [4.69, 9.17) is 9.40 Å². The number of benzene rings is 3. The Hall–Kier alpha value is -3.51. The summed E-state index contributed by atoms with van der Waals surface area (Å²) in [4.78, 5) is 16.8. The average Bonchev–Trinajstić information content (AvgIpc) is 3.42. The lowest BCUT2D eigenvalue weighted by molar-refractivity contribution is 0.620. The summed E-state index contributed by atoms with van der Waals surface area (Å²) in [6, 6.07) is 20.1. The van der Waals surface area contributed by atoms with Crippen molar-refractivity contribution in [2.75, 3.05) is 0 Å². The molecule has 128 valence electrons. The van der Waals surface area contributed by atoms with Crippen molar-refractivity contribution < 1.29 is 4.42 Å². The largest absolute Gasteiger partial charge is 0.436 e. The van der Waals surface area contributed by atoms with Gasteiger partial charge >= 0.3 is 0 Å². The van der Waals surface area contributed by atoms with E-state index in [9.17, 15) is 0 Å². The number of hydrogen-bond donors (Lipinski definition) is 1. The van der Waals surface area contributed by atoms with Crippen LogP contribution in [-0.2, 0) is 0 Å². The van der Waals surface area contributed by atoms with Crippen molar-refractivity contribution in [3.63, 3.8) is 0 Å². The molecule has 0 spiro atoms. The van der Waals surface area contributed by atoms with Crippen LogP contribution in [0.1, 0.15) is 0 Å². The molecule has 3 aromatic heterocycles. The van der Waals surface area contributed by atoms with Crippen LogP contribution in [0.2, 0.25) is 0 Å². The number of oxazole rings is 1. The molecule has 0 amide bonds. The number of aromatic nitrogens is 4. The molecule has 6 rings (SSSR count). The van der Waals surface area contributed by atoms with Crippen molar-refractivity contribution in [3.8, 4) is 22.0 Å². The molecule has 0 fully saturated rings. The maximum absolute atomic E-state index is 5.90. The van der Waals surface area contributed by atoms with Crippen LogP contribution in [0.5, 0.6) is 0 Å². The van der Waals surface area contributed by atoms with E-state index in [0.717, 1.165) is 48.5 Å². The Labute approximate surface area is 157 Å². The molecule has 1 N–H and O–H groups in total. The summed E-state index contributed by atoms with van der Waals surface area (Å²) in [5, 5.41) is 0.976. The van der Waals surface area contributed by atoms with Crippen LogP contribution in [0.25, 0.3) is 54.4 Å². The van der Waals surface area contributed by atoms with Gasteiger partial charge in [0.15, 0.2) is 5.58 Å². The summed E-state index contributed by atoms with van der Waals surface area (Å²) in [6.07, 6.45) is 1.71. The first-order valence-corrected chi connectivity index (χ1v) is 9.35. The second kappa shape index (κ2) is 5.49. The minimum absolute atomic E-state index is 0.631. The van der Waals surface area contributed by atoms with Crippen LogP contribution in [-0.4, -0.2) is 19.9 Å². The minimum Gasteiger partial charge on any atom is -0.436 e. The predicted octanol–water partition coefficient (Wildman–Crippen LogP) is 5.65. The number of hydrogen-bond acceptors (Lipinski definition) is 5. The molecule has 5 nitrogen and oxygen atoms in total. The van der Waals surface area contributed by atoms with Gasteiger partial charge in [0.25, 0.3) is 0 Å². The third kappa shape index (κ3) is 2.34. The zero-order chi connectivity index (χ0) is 17.8. The maximum atomic E-state index is 5.90. The molecule has 3 aromatic carbocycles. The molecule has 0 radical (unpaired) electrons. The molecule has 27 heavy (non-hydrogen) atoms. The standard InChI is InChI=1S/C21H12N4OS/c1-2-4-18-15(3-1)24-20(26-18)12-5-8-16-19(10-12)27-21(25-16)13-6-7-14-17(9-13)23-11-22-14/h1-11H,(H,22,23). The maximum Gasteiger partial charge on any atom is 0.227 e. The monoisotopic (exact) mass is 368 g/mol. The minimum atomic E-state index is 0.631. The van der Waals surface area contributed by atoms with Crippen LogP contribution in [0.4, 0.5) is 0 Å². The lowest BCUT2D eigenvalue weighted by Crippen LogP contribution is -1.78. The fourth-order valence-corrected chi connectivity index (χ4v) is 4.24. The topological polar surface area (TPSA) is 67.6 Å². The molecule has 3 heterocycles. The summed E-state index contributed by atoms with van der Waals surface area (Å²) < 4.78 is 7.00. The molecule has 0 unspecified atom stereocenters. The Balaban J connectivity index is 1.46. The fourth-order valence-electron chi connectivity index (χ4n) is 3.24. The van der Waals surface area contributed by atoms with Gasteiger partial charge in [0.1, 0.15) is 10.5 Å². The van der Waals surface area contributed by atoms with E-state index < -0.39 is 0 Å². The third-order valence-corrected chi connectivity index (χ3v) is 5.66. The zero-order valence-electron chi connectivity index (χ0n) is 14.0. The smallest absolute Gasteiger partial charge is 0.227 e. The van der Waals surface area contributed by atoms with Crippen LogP contribution in [0, 0.1) is 0 Å². The summed E-state index contributed by atoms with van der Waals surface area (Å²) in [7, 11) is 0. The van der Waals surface area contributed by atoms with Gasteiger partial charge in [0.2, 0.25) is 5.89 Å². The van der Waals surface area contributed by atoms with Gasteiger partial charge in [0.05, 0.1) is 27.6 Å². The van der Waals surface area contributed by atoms with E-state index in [1.54, 1.807) is 17.7 Å². The Bertz CT molecular complexity index is 1410. The fraction of sp³-hybridized carbons (Fsp3) is 0. The highest BCUT2D eigenvalue weighted by atomic mass is 32.1. The molecule has 0 aliphatic carbocycles. The highest BCUT2D eigenvalue weighted by molar-refractivity contribution is 7.21. The number of aromatic amines is 1. The molecule has 0 aliphatic heterocycles. The van der Waals surface area contributed by atoms with Crippen LogP contribution >= 0.6 is 11.3 Å². The van der Waals surface area contributed by atoms with E-state index >= 15 is 0 Å². The molecule has 0 aliphatic rings. The molecular formula is C21H12N4OS. The number of imidazole rings is 1. The summed E-state index contributed by atoms with van der Waals surface area (Å²) in [5.41, 5.74) is 6.62. The Kier molecular flexibility index (Phi) is 2.98. The number of rotatable bonds is 2. The summed E-state index contributed by atoms with van der Waals surface area (Å²) >= 11 is 1.66. The number of nitrogens with one attached hydrogen (secondary N) is 1. The Morgan fingerprint density at radius 2 is 1.74 bits per heavy atom. The highest BCUT2D eigenvalue weighted by Gasteiger charge is 2.12. The number of nitrogens with zero attached hydrogens (tertiary/aromatic N) is 3. The average molecular weight is 368 g/mol. The predicted molar refractivity (Wildman–Crippen MR) is 108 cm³/mol. The first-order valence-electron chi connectivity index (χ1n) is 8.53. The van der Waals surface area contributed by atoms with E-state index in [1.807, 2.05) is 42.5 Å². The molecular weight excluding hydrogens is 356 g/mol. The van der Waals surface area contributed by atoms with Crippen molar-refractivity contribution in [1.82, 2.24) is 19.9 Å². The van der Waals surface area contributed by atoms with Gasteiger partial charge in [0, 0.05) is 11.1 Å². The van der Waals surface area contributed by atoms with Crippen molar-refractivity contribution in [2.24, 2.45) is 0 Å². The number of fused-ring (bicyclic) bond motifs is 3. The van der Waals surface area contributed by atoms with Crippen molar-refractivity contribution in [3.05, 3.63) is 67.0 Å². The van der Waals surface area contributed by atoms with Gasteiger partial charge in [-0.25, -0.2) is 15.0 Å². The molecule has 0 saturated heterocycles. The van der Waals surface area contributed by atoms with E-state index in [1.165, 1.54) is 0 Å². The van der Waals surface area contributed by atoms with Crippen LogP contribution < -0.4 is 0 Å². The van der Waals surface area contributed by atoms with Gasteiger partial charge in [-0.15, -0.1) is 11.3 Å². The Morgan fingerprint density at radius 3 is 2.70 bits per heavy atom. The van der Waals surface area contributed by atoms with Crippen molar-refractivity contribution >= 4 is 43.7 Å². The highest BCUT2D eigenvalue weighted by Crippen LogP contribution is 2.34. The second-order valence-corrected chi connectivity index (χ2v) is 7.35. The number of H-pyrrole nitrogens is 1. The molecule has 0 bridgehead atoms. The molecule has 0 atom stereocenters. The Morgan fingerprint density at radius 1 is 0.815 bits per heavy atom. The normalized spacial score (nSPS) is 11.7. The first kappa shape index (κ1) is 14.6. The zero-order valence-corrected chi connectivity index (χ0v) is 14.8. The third-order valence-electron chi connectivity index (χ3n) is 4.60. The molecule has 6 aromatic rings. The van der Waals surface area contributed by atoms with Gasteiger partial charge in [-0.05, 0) is 48.5 Å². The second-order valence-electron chi connectivity index (χ2n) is 6.32. The van der Waals surface area contributed by atoms with E-state index in [0.29, 0.717) is 5.89 Å². The van der Waals surface area contributed by atoms with Gasteiger partial charge in [-0.3, -0.25) is 0 Å². The number of thiazole rings is 1. The van der Waals surface area contributed by atoms with E-state index in [-0.39, 0.29) is 0 Å². The van der Waals surface area contributed by atoms with Crippen LogP contribution in [0.15, 0.2) is 71.4 Å². The van der Waals surface area contributed by atoms with Gasteiger partial charge in [-0.2, -0.15) is 0 Å². The van der Waals surface area contributed by atoms with Crippen LogP contribution in [0.3, 0.4) is 0 Å². The van der Waals surface area contributed by atoms with Gasteiger partial charge in [-0.1, -0.05) is 12.1 Å². The lowest BCUT2D eigenvalue weighted by atomic mass is 10.2. The lowest BCUT2D eigenvalue weighted by Gasteiger charge is -1.95. The summed E-state index contributed by atoms with van der Waals surface area (Å²) in [5.74, 6) is 0.631. The van der Waals surface area contributed by atoms with E-state index in [2.05, 4.69) is 33.2 Å². The molecule has 0 saturated carbocycles.